The fourth-order valence-corrected chi connectivity index (χ4v) is 2.34. The van der Waals surface area contributed by atoms with E-state index in [-0.39, 0.29) is 17.4 Å². The van der Waals surface area contributed by atoms with Gasteiger partial charge in [0.2, 0.25) is 5.78 Å². The lowest BCUT2D eigenvalue weighted by molar-refractivity contribution is -0.384. The van der Waals surface area contributed by atoms with Gasteiger partial charge in [-0.3, -0.25) is 14.9 Å². The van der Waals surface area contributed by atoms with Gasteiger partial charge in [-0.2, -0.15) is 0 Å². The Morgan fingerprint density at radius 3 is 2.94 bits per heavy atom. The minimum atomic E-state index is -0.472. The largest absolute Gasteiger partial charge is 0.290 e. The predicted octanol–water partition coefficient (Wildman–Crippen LogP) is 3.14. The van der Waals surface area contributed by atoms with Crippen LogP contribution in [-0.4, -0.2) is 21.6 Å². The van der Waals surface area contributed by atoms with Gasteiger partial charge in [-0.25, -0.2) is 4.98 Å². The number of halogens is 1. The van der Waals surface area contributed by atoms with Crippen molar-refractivity contribution in [3.05, 3.63) is 44.8 Å². The van der Waals surface area contributed by atoms with Crippen molar-refractivity contribution in [1.29, 1.82) is 0 Å². The van der Waals surface area contributed by atoms with Crippen molar-refractivity contribution in [3.8, 4) is 11.3 Å². The summed E-state index contributed by atoms with van der Waals surface area (Å²) in [6, 6.07) is 6.11. The highest BCUT2D eigenvalue weighted by Crippen LogP contribution is 2.25. The van der Waals surface area contributed by atoms with Crippen LogP contribution in [-0.2, 0) is 0 Å². The van der Waals surface area contributed by atoms with Crippen molar-refractivity contribution in [1.82, 2.24) is 4.98 Å². The molecule has 0 fully saturated rings. The number of hydrogen-bond donors (Lipinski definition) is 0. The normalized spacial score (nSPS) is 10.3. The molecule has 92 valence electrons. The van der Waals surface area contributed by atoms with E-state index in [0.29, 0.717) is 16.3 Å². The second kappa shape index (κ2) is 5.24. The number of carbonyl (C=O) groups excluding carboxylic acids is 1. The lowest BCUT2D eigenvalue weighted by Gasteiger charge is -1.96. The third-order valence-corrected chi connectivity index (χ3v) is 3.34. The van der Waals surface area contributed by atoms with Crippen LogP contribution in [0.2, 0.25) is 0 Å². The van der Waals surface area contributed by atoms with Crippen LogP contribution in [0.5, 0.6) is 0 Å². The molecule has 0 unspecified atom stereocenters. The van der Waals surface area contributed by atoms with Crippen LogP contribution in [0.1, 0.15) is 9.80 Å². The standard InChI is InChI=1S/C11H7ClN2O3S/c12-5-10(15)11-13-9(6-18-11)7-2-1-3-8(4-7)14(16)17/h1-4,6H,5H2. The molecule has 0 spiro atoms. The number of thiazole rings is 1. The van der Waals surface area contributed by atoms with E-state index in [1.807, 2.05) is 0 Å². The van der Waals surface area contributed by atoms with Crippen molar-refractivity contribution in [3.63, 3.8) is 0 Å². The molecular formula is C11H7ClN2O3S. The first-order chi connectivity index (χ1) is 8.61. The highest BCUT2D eigenvalue weighted by molar-refractivity contribution is 7.12. The smallest absolute Gasteiger partial charge is 0.270 e. The average molecular weight is 283 g/mol. The maximum Gasteiger partial charge on any atom is 0.270 e. The SMILES string of the molecule is O=C(CCl)c1nc(-c2cccc([N+](=O)[O-])c2)cs1. The van der Waals surface area contributed by atoms with Gasteiger partial charge in [0.15, 0.2) is 5.01 Å². The molecule has 2 rings (SSSR count). The van der Waals surface area contributed by atoms with E-state index in [9.17, 15) is 14.9 Å². The number of aromatic nitrogens is 1. The molecule has 0 N–H and O–H groups in total. The van der Waals surface area contributed by atoms with Crippen molar-refractivity contribution in [2.45, 2.75) is 0 Å². The van der Waals surface area contributed by atoms with Crippen LogP contribution in [0.25, 0.3) is 11.3 Å². The van der Waals surface area contributed by atoms with Gasteiger partial charge in [0.25, 0.3) is 5.69 Å². The average Bonchev–Trinajstić information content (AvgIpc) is 2.87. The zero-order valence-electron chi connectivity index (χ0n) is 9.00. The fraction of sp³-hybridized carbons (Fsp3) is 0.0909. The zero-order valence-corrected chi connectivity index (χ0v) is 10.6. The summed E-state index contributed by atoms with van der Waals surface area (Å²) in [5.74, 6) is -0.375. The summed E-state index contributed by atoms with van der Waals surface area (Å²) in [5.41, 5.74) is 1.14. The second-order valence-corrected chi connectivity index (χ2v) is 4.53. The van der Waals surface area contributed by atoms with Crippen LogP contribution in [0.4, 0.5) is 5.69 Å². The van der Waals surface area contributed by atoms with Gasteiger partial charge in [-0.05, 0) is 0 Å². The molecule has 1 heterocycles. The minimum absolute atomic E-state index is 0.00859. The first-order valence-corrected chi connectivity index (χ1v) is 6.32. The van der Waals surface area contributed by atoms with E-state index in [1.165, 1.54) is 23.5 Å². The Morgan fingerprint density at radius 2 is 2.28 bits per heavy atom. The number of carbonyl (C=O) groups is 1. The molecule has 1 aromatic carbocycles. The molecule has 2 aromatic rings. The van der Waals surface area contributed by atoms with Gasteiger partial charge < -0.3 is 0 Å². The van der Waals surface area contributed by atoms with E-state index >= 15 is 0 Å². The van der Waals surface area contributed by atoms with Gasteiger partial charge in [-0.15, -0.1) is 22.9 Å². The molecule has 7 heteroatoms. The molecule has 5 nitrogen and oxygen atoms in total. The number of non-ortho nitro benzene ring substituents is 1. The van der Waals surface area contributed by atoms with Gasteiger partial charge in [0.05, 0.1) is 16.5 Å². The van der Waals surface area contributed by atoms with Gasteiger partial charge in [0.1, 0.15) is 0 Å². The van der Waals surface area contributed by atoms with Crippen molar-refractivity contribution in [2.24, 2.45) is 0 Å². The first-order valence-electron chi connectivity index (χ1n) is 4.91. The van der Waals surface area contributed by atoms with E-state index in [4.69, 9.17) is 11.6 Å². The third kappa shape index (κ3) is 2.55. The highest BCUT2D eigenvalue weighted by atomic mass is 35.5. The quantitative estimate of drug-likeness (QED) is 0.374. The highest BCUT2D eigenvalue weighted by Gasteiger charge is 2.13. The number of nitrogens with zero attached hydrogens (tertiary/aromatic N) is 2. The lowest BCUT2D eigenvalue weighted by atomic mass is 10.1. The monoisotopic (exact) mass is 282 g/mol. The third-order valence-electron chi connectivity index (χ3n) is 2.22. The first kappa shape index (κ1) is 12.7. The number of Topliss-reactive ketones (excluding diaryl/α,β-unsaturated/α-hetero) is 1. The second-order valence-electron chi connectivity index (χ2n) is 3.40. The molecule has 0 aliphatic heterocycles. The minimum Gasteiger partial charge on any atom is -0.290 e. The van der Waals surface area contributed by atoms with Gasteiger partial charge in [0, 0.05) is 23.1 Å². The summed E-state index contributed by atoms with van der Waals surface area (Å²) < 4.78 is 0. The number of rotatable bonds is 4. The van der Waals surface area contributed by atoms with Crippen molar-refractivity contribution >= 4 is 34.4 Å². The maximum atomic E-state index is 11.3. The predicted molar refractivity (Wildman–Crippen MR) is 69.3 cm³/mol. The van der Waals surface area contributed by atoms with Gasteiger partial charge >= 0.3 is 0 Å². The molecule has 0 bridgehead atoms. The van der Waals surface area contributed by atoms with Crippen LogP contribution in [0.3, 0.4) is 0 Å². The Balaban J connectivity index is 2.37. The van der Waals surface area contributed by atoms with Crippen LogP contribution in [0, 0.1) is 10.1 Å². The number of ketones is 1. The van der Waals surface area contributed by atoms with Crippen molar-refractivity contribution in [2.75, 3.05) is 5.88 Å². The Labute approximate surface area is 111 Å². The molecule has 1 aromatic heterocycles. The summed E-state index contributed by atoms with van der Waals surface area (Å²) in [4.78, 5) is 25.6. The molecule has 0 saturated heterocycles. The lowest BCUT2D eigenvalue weighted by Crippen LogP contribution is -1.98. The number of nitro benzene ring substituents is 1. The van der Waals surface area contributed by atoms with Crippen LogP contribution < -0.4 is 0 Å². The van der Waals surface area contributed by atoms with Gasteiger partial charge in [-0.1, -0.05) is 12.1 Å². The van der Waals surface area contributed by atoms with Crippen LogP contribution >= 0.6 is 22.9 Å². The summed E-state index contributed by atoms with van der Waals surface area (Å²) in [7, 11) is 0. The van der Waals surface area contributed by atoms with E-state index in [2.05, 4.69) is 4.98 Å². The molecule has 0 aliphatic rings. The van der Waals surface area contributed by atoms with E-state index in [1.54, 1.807) is 17.5 Å². The summed E-state index contributed by atoms with van der Waals surface area (Å²) in [6.45, 7) is 0. The summed E-state index contributed by atoms with van der Waals surface area (Å²) in [5, 5.41) is 12.7. The molecular weight excluding hydrogens is 276 g/mol. The fourth-order valence-electron chi connectivity index (χ4n) is 1.37. The molecule has 0 saturated carbocycles. The molecule has 0 aliphatic carbocycles. The maximum absolute atomic E-state index is 11.3. The molecule has 18 heavy (non-hydrogen) atoms. The number of nitro groups is 1. The molecule has 0 atom stereocenters. The topological polar surface area (TPSA) is 73.1 Å². The number of hydrogen-bond acceptors (Lipinski definition) is 5. The Morgan fingerprint density at radius 1 is 1.50 bits per heavy atom. The summed E-state index contributed by atoms with van der Waals surface area (Å²) in [6.07, 6.45) is 0. The Hall–Kier alpha value is -1.79. The summed E-state index contributed by atoms with van der Waals surface area (Å²) >= 11 is 6.61. The Kier molecular flexibility index (Phi) is 3.69. The van der Waals surface area contributed by atoms with E-state index in [0.717, 1.165) is 0 Å². The van der Waals surface area contributed by atoms with Crippen LogP contribution in [0.15, 0.2) is 29.6 Å². The molecule has 0 amide bonds. The Bertz CT molecular complexity index is 612. The molecule has 0 radical (unpaired) electrons. The zero-order chi connectivity index (χ0) is 13.1. The number of alkyl halides is 1. The van der Waals surface area contributed by atoms with Crippen molar-refractivity contribution < 1.29 is 9.72 Å². The number of benzene rings is 1. The van der Waals surface area contributed by atoms with E-state index < -0.39 is 4.92 Å².